The van der Waals surface area contributed by atoms with Gasteiger partial charge in [-0.15, -0.1) is 0 Å². The zero-order chi connectivity index (χ0) is 13.5. The molecule has 0 unspecified atom stereocenters. The highest BCUT2D eigenvalue weighted by molar-refractivity contribution is 7.86. The molecule has 0 amide bonds. The van der Waals surface area contributed by atoms with Crippen LogP contribution < -0.4 is 0 Å². The van der Waals surface area contributed by atoms with E-state index < -0.39 is 10.1 Å². The molecule has 0 heterocycles. The molecule has 3 radical (unpaired) electrons. The van der Waals surface area contributed by atoms with Crippen molar-refractivity contribution >= 4 is 27.5 Å². The lowest BCUT2D eigenvalue weighted by atomic mass is 10.0. The van der Waals surface area contributed by atoms with Crippen molar-refractivity contribution in [2.45, 2.75) is 31.6 Å². The Bertz CT molecular complexity index is 663. The lowest BCUT2D eigenvalue weighted by molar-refractivity contribution is 0.484. The number of hydrogen-bond donors (Lipinski definition) is 1. The molecule has 3 nitrogen and oxygen atoms in total. The molecule has 0 aromatic carbocycles. The highest BCUT2D eigenvalue weighted by Gasteiger charge is 2.21. The summed E-state index contributed by atoms with van der Waals surface area (Å²) in [6.45, 7) is 5.93. The summed E-state index contributed by atoms with van der Waals surface area (Å²) in [6.07, 6.45) is 0. The summed E-state index contributed by atoms with van der Waals surface area (Å²) in [7, 11) is -4.18. The van der Waals surface area contributed by atoms with Crippen LogP contribution >= 0.6 is 0 Å². The number of aryl methyl sites for hydroxylation is 1. The maximum absolute atomic E-state index is 11.4. The van der Waals surface area contributed by atoms with Gasteiger partial charge in [-0.2, -0.15) is 8.42 Å². The summed E-state index contributed by atoms with van der Waals surface area (Å²) in [4.78, 5) is -0.00639. The van der Waals surface area contributed by atoms with Gasteiger partial charge in [0.25, 0.3) is 10.1 Å². The Labute approximate surface area is 124 Å². The zero-order valence-electron chi connectivity index (χ0n) is 11.2. The van der Waals surface area contributed by atoms with E-state index in [0.29, 0.717) is 11.5 Å². The number of hydrogen-bond acceptors (Lipinski definition) is 2. The Morgan fingerprint density at radius 2 is 1.74 bits per heavy atom. The molecule has 0 aliphatic heterocycles. The molecule has 2 rings (SSSR count). The second kappa shape index (κ2) is 5.64. The van der Waals surface area contributed by atoms with Crippen LogP contribution in [-0.2, 0) is 10.1 Å². The fourth-order valence-corrected chi connectivity index (χ4v) is 2.88. The zero-order valence-corrected chi connectivity index (χ0v) is 13.2. The minimum Gasteiger partial charge on any atom is -0.282 e. The average molecular weight is 291 g/mol. The van der Waals surface area contributed by atoms with E-state index in [-0.39, 0.29) is 22.3 Å². The van der Waals surface area contributed by atoms with Crippen LogP contribution in [0.15, 0.2) is 35.2 Å². The highest BCUT2D eigenvalue weighted by atomic mass is 32.2. The minimum absolute atomic E-state index is 0. The van der Waals surface area contributed by atoms with E-state index in [1.54, 1.807) is 0 Å². The van der Waals surface area contributed by atoms with E-state index in [1.807, 2.05) is 45.0 Å². The Morgan fingerprint density at radius 1 is 1.11 bits per heavy atom. The third kappa shape index (κ3) is 3.18. The van der Waals surface area contributed by atoms with E-state index in [0.717, 1.165) is 16.7 Å². The van der Waals surface area contributed by atoms with Gasteiger partial charge in [-0.25, -0.2) is 0 Å². The molecule has 5 heteroatoms. The van der Waals surface area contributed by atoms with Gasteiger partial charge in [-0.05, 0) is 41.7 Å². The molecule has 99 valence electrons. The molecule has 0 aromatic heterocycles. The third-order valence-corrected chi connectivity index (χ3v) is 4.03. The summed E-state index contributed by atoms with van der Waals surface area (Å²) in [5.41, 5.74) is 3.34. The second-order valence-corrected chi connectivity index (χ2v) is 6.21. The van der Waals surface area contributed by atoms with Gasteiger partial charge in [-0.1, -0.05) is 32.0 Å². The van der Waals surface area contributed by atoms with Crippen molar-refractivity contribution in [2.75, 3.05) is 0 Å². The predicted molar refractivity (Wildman–Crippen MR) is 77.5 cm³/mol. The van der Waals surface area contributed by atoms with Gasteiger partial charge in [0.05, 0.1) is 0 Å². The first-order valence-electron chi connectivity index (χ1n) is 5.81. The van der Waals surface area contributed by atoms with E-state index in [1.165, 1.54) is 6.07 Å². The van der Waals surface area contributed by atoms with Crippen molar-refractivity contribution in [3.63, 3.8) is 0 Å². The quantitative estimate of drug-likeness (QED) is 0.683. The first-order chi connectivity index (χ1) is 8.30. The molecule has 0 atom stereocenters. The van der Waals surface area contributed by atoms with Gasteiger partial charge in [0.1, 0.15) is 4.90 Å². The van der Waals surface area contributed by atoms with Gasteiger partial charge in [-0.3, -0.25) is 4.55 Å². The van der Waals surface area contributed by atoms with Crippen molar-refractivity contribution in [1.82, 2.24) is 0 Å². The van der Waals surface area contributed by atoms with Crippen molar-refractivity contribution in [1.29, 1.82) is 0 Å². The van der Waals surface area contributed by atoms with Gasteiger partial charge >= 0.3 is 0 Å². The number of fused-ring (bicyclic) bond motifs is 1. The van der Waals surface area contributed by atoms with Crippen LogP contribution in [0.2, 0.25) is 0 Å². The Balaban J connectivity index is 0.00000180. The first kappa shape index (κ1) is 16.2. The van der Waals surface area contributed by atoms with Crippen molar-refractivity contribution in [2.24, 2.45) is 0 Å². The molecular weight excluding hydrogens is 275 g/mol. The minimum atomic E-state index is -4.18. The molecule has 0 spiro atoms. The summed E-state index contributed by atoms with van der Waals surface area (Å²) in [6, 6.07) is 9.13. The van der Waals surface area contributed by atoms with Crippen molar-refractivity contribution in [3.05, 3.63) is 41.5 Å². The van der Waals surface area contributed by atoms with Gasteiger partial charge in [0, 0.05) is 22.9 Å². The molecule has 0 saturated carbocycles. The van der Waals surface area contributed by atoms with Crippen LogP contribution in [0.5, 0.6) is 0 Å². The SMILES string of the molecule is Cc1cc(S(=O)(=O)O)c2cc(C(C)C)cccc1-2.[Al]. The Morgan fingerprint density at radius 3 is 2.26 bits per heavy atom. The van der Waals surface area contributed by atoms with Crippen LogP contribution in [0.4, 0.5) is 0 Å². The molecule has 19 heavy (non-hydrogen) atoms. The smallest absolute Gasteiger partial charge is 0.282 e. The lowest BCUT2D eigenvalue weighted by Crippen LogP contribution is -1.97. The molecule has 2 aliphatic carbocycles. The molecule has 2 aliphatic rings. The molecule has 1 N–H and O–H groups in total. The molecule has 0 aromatic rings. The second-order valence-electron chi connectivity index (χ2n) is 4.82. The summed E-state index contributed by atoms with van der Waals surface area (Å²) >= 11 is 0. The summed E-state index contributed by atoms with van der Waals surface area (Å²) < 4.78 is 32.1. The molecule has 0 bridgehead atoms. The Hall–Kier alpha value is -0.858. The predicted octanol–water partition coefficient (Wildman–Crippen LogP) is 3.09. The molecular formula is C14H16AlO3S. The van der Waals surface area contributed by atoms with E-state index in [9.17, 15) is 13.0 Å². The van der Waals surface area contributed by atoms with Crippen molar-refractivity contribution < 1.29 is 13.0 Å². The molecule has 0 saturated heterocycles. The number of rotatable bonds is 2. The monoisotopic (exact) mass is 291 g/mol. The maximum atomic E-state index is 11.4. The van der Waals surface area contributed by atoms with E-state index in [2.05, 4.69) is 0 Å². The van der Waals surface area contributed by atoms with Gasteiger partial charge in [0.15, 0.2) is 0 Å². The summed E-state index contributed by atoms with van der Waals surface area (Å²) in [5.74, 6) is 0.296. The fourth-order valence-electron chi connectivity index (χ4n) is 2.11. The molecule has 0 fully saturated rings. The van der Waals surface area contributed by atoms with Gasteiger partial charge in [0.2, 0.25) is 0 Å². The van der Waals surface area contributed by atoms with Crippen LogP contribution in [0.3, 0.4) is 0 Å². The highest BCUT2D eigenvalue weighted by Crippen LogP contribution is 2.35. The normalized spacial score (nSPS) is 11.6. The first-order valence-corrected chi connectivity index (χ1v) is 7.25. The summed E-state index contributed by atoms with van der Waals surface area (Å²) in [5, 5.41) is 0. The standard InChI is InChI=1S/C14H16O3S.Al/c1-9(2)11-5-4-6-12-10(3)7-14(13(12)8-11)18(15,16)17;/h4-9H,1-3H3,(H,15,16,17);. The van der Waals surface area contributed by atoms with Crippen LogP contribution in [0.1, 0.15) is 30.9 Å². The average Bonchev–Trinajstić information content (AvgIpc) is 2.47. The maximum Gasteiger partial charge on any atom is 0.295 e. The van der Waals surface area contributed by atoms with Crippen LogP contribution in [0, 0.1) is 6.92 Å². The largest absolute Gasteiger partial charge is 0.295 e. The van der Waals surface area contributed by atoms with Crippen molar-refractivity contribution in [3.8, 4) is 11.1 Å². The Kier molecular flexibility index (Phi) is 4.81. The van der Waals surface area contributed by atoms with Crippen LogP contribution in [0.25, 0.3) is 11.1 Å². The van der Waals surface area contributed by atoms with E-state index in [4.69, 9.17) is 0 Å². The van der Waals surface area contributed by atoms with Crippen LogP contribution in [-0.4, -0.2) is 30.3 Å². The topological polar surface area (TPSA) is 54.4 Å². The lowest BCUT2D eigenvalue weighted by Gasteiger charge is -2.03. The third-order valence-electron chi connectivity index (χ3n) is 3.14. The fraction of sp³-hybridized carbons (Fsp3) is 0.286. The van der Waals surface area contributed by atoms with Gasteiger partial charge < -0.3 is 0 Å². The van der Waals surface area contributed by atoms with E-state index >= 15 is 0 Å².